The summed E-state index contributed by atoms with van der Waals surface area (Å²) in [6.07, 6.45) is 4.41. The molecule has 0 saturated carbocycles. The first-order chi connectivity index (χ1) is 10.8. The Kier molecular flexibility index (Phi) is 4.47. The molecule has 0 bridgehead atoms. The Morgan fingerprint density at radius 3 is 2.77 bits per heavy atom. The van der Waals surface area contributed by atoms with Crippen LogP contribution in [0.25, 0.3) is 0 Å². The van der Waals surface area contributed by atoms with E-state index in [9.17, 15) is 4.79 Å². The van der Waals surface area contributed by atoms with Gasteiger partial charge in [0, 0.05) is 25.9 Å². The molecule has 22 heavy (non-hydrogen) atoms. The van der Waals surface area contributed by atoms with Gasteiger partial charge in [-0.3, -0.25) is 4.79 Å². The molecule has 0 unspecified atom stereocenters. The second kappa shape index (κ2) is 6.69. The number of piperidine rings is 1. The normalized spacial score (nSPS) is 15.8. The van der Waals surface area contributed by atoms with Crippen molar-refractivity contribution in [3.8, 4) is 5.75 Å². The lowest BCUT2D eigenvalue weighted by atomic mass is 10.1. The molecule has 1 aliphatic rings. The van der Waals surface area contributed by atoms with Crippen molar-refractivity contribution in [2.24, 2.45) is 0 Å². The summed E-state index contributed by atoms with van der Waals surface area (Å²) in [4.78, 5) is 14.0. The average Bonchev–Trinajstić information content (AvgIpc) is 3.09. The van der Waals surface area contributed by atoms with Gasteiger partial charge in [-0.05, 0) is 36.2 Å². The van der Waals surface area contributed by atoms with Gasteiger partial charge < -0.3 is 14.1 Å². The second-order valence-electron chi connectivity index (χ2n) is 5.59. The standard InChI is InChI=1S/C18H21NO3/c1-2-14-5-3-6-16(13-14)22-15-8-10-19(11-9-15)18(20)17-7-4-12-21-17/h3-7,12-13,15H,2,8-11H2,1H3. The monoisotopic (exact) mass is 299 g/mol. The van der Waals surface area contributed by atoms with Crippen molar-refractivity contribution in [2.75, 3.05) is 13.1 Å². The quantitative estimate of drug-likeness (QED) is 0.867. The van der Waals surface area contributed by atoms with E-state index in [0.29, 0.717) is 18.8 Å². The van der Waals surface area contributed by atoms with Crippen LogP contribution >= 0.6 is 0 Å². The fourth-order valence-corrected chi connectivity index (χ4v) is 2.76. The number of furan rings is 1. The van der Waals surface area contributed by atoms with Crippen LogP contribution in [-0.2, 0) is 6.42 Å². The maximum Gasteiger partial charge on any atom is 0.289 e. The summed E-state index contributed by atoms with van der Waals surface area (Å²) in [7, 11) is 0. The Hall–Kier alpha value is -2.23. The largest absolute Gasteiger partial charge is 0.490 e. The number of carbonyl (C=O) groups is 1. The van der Waals surface area contributed by atoms with E-state index in [-0.39, 0.29) is 12.0 Å². The lowest BCUT2D eigenvalue weighted by Gasteiger charge is -2.31. The van der Waals surface area contributed by atoms with E-state index in [1.54, 1.807) is 12.1 Å². The first kappa shape index (κ1) is 14.7. The molecule has 1 fully saturated rings. The number of carbonyl (C=O) groups excluding carboxylic acids is 1. The Labute approximate surface area is 130 Å². The molecule has 1 aromatic heterocycles. The highest BCUT2D eigenvalue weighted by Gasteiger charge is 2.25. The summed E-state index contributed by atoms with van der Waals surface area (Å²) in [5, 5.41) is 0. The Morgan fingerprint density at radius 2 is 2.09 bits per heavy atom. The van der Waals surface area contributed by atoms with Gasteiger partial charge in [0.2, 0.25) is 0 Å². The molecule has 4 nitrogen and oxygen atoms in total. The minimum atomic E-state index is -0.0311. The van der Waals surface area contributed by atoms with Gasteiger partial charge in [-0.1, -0.05) is 19.1 Å². The second-order valence-corrected chi connectivity index (χ2v) is 5.59. The smallest absolute Gasteiger partial charge is 0.289 e. The average molecular weight is 299 g/mol. The third-order valence-corrected chi connectivity index (χ3v) is 4.07. The topological polar surface area (TPSA) is 42.7 Å². The summed E-state index contributed by atoms with van der Waals surface area (Å²) in [5.74, 6) is 1.31. The van der Waals surface area contributed by atoms with Crippen LogP contribution in [0.3, 0.4) is 0 Å². The van der Waals surface area contributed by atoms with Gasteiger partial charge in [-0.25, -0.2) is 0 Å². The SMILES string of the molecule is CCc1cccc(OC2CCN(C(=O)c3ccco3)CC2)c1. The van der Waals surface area contributed by atoms with Gasteiger partial charge in [0.05, 0.1) is 6.26 Å². The van der Waals surface area contributed by atoms with Crippen LogP contribution in [0.4, 0.5) is 0 Å². The molecule has 0 N–H and O–H groups in total. The molecule has 1 amide bonds. The molecule has 2 heterocycles. The number of nitrogens with zero attached hydrogens (tertiary/aromatic N) is 1. The summed E-state index contributed by atoms with van der Waals surface area (Å²) in [5.41, 5.74) is 1.28. The number of likely N-dealkylation sites (tertiary alicyclic amines) is 1. The summed E-state index contributed by atoms with van der Waals surface area (Å²) in [6.45, 7) is 3.55. The third-order valence-electron chi connectivity index (χ3n) is 4.07. The van der Waals surface area contributed by atoms with Crippen molar-refractivity contribution in [2.45, 2.75) is 32.3 Å². The van der Waals surface area contributed by atoms with Gasteiger partial charge in [0.25, 0.3) is 5.91 Å². The van der Waals surface area contributed by atoms with Crippen LogP contribution in [0, 0.1) is 0 Å². The number of hydrogen-bond acceptors (Lipinski definition) is 3. The lowest BCUT2D eigenvalue weighted by molar-refractivity contribution is 0.0566. The Morgan fingerprint density at radius 1 is 1.27 bits per heavy atom. The Balaban J connectivity index is 1.54. The predicted molar refractivity (Wildman–Crippen MR) is 84.1 cm³/mol. The minimum absolute atomic E-state index is 0.0311. The minimum Gasteiger partial charge on any atom is -0.490 e. The first-order valence-corrected chi connectivity index (χ1v) is 7.84. The van der Waals surface area contributed by atoms with Gasteiger partial charge in [0.1, 0.15) is 11.9 Å². The molecular weight excluding hydrogens is 278 g/mol. The molecule has 2 aromatic rings. The molecule has 0 aliphatic carbocycles. The van der Waals surface area contributed by atoms with Gasteiger partial charge in [-0.15, -0.1) is 0 Å². The zero-order valence-electron chi connectivity index (χ0n) is 12.8. The van der Waals surface area contributed by atoms with Crippen LogP contribution in [-0.4, -0.2) is 30.0 Å². The summed E-state index contributed by atoms with van der Waals surface area (Å²) in [6, 6.07) is 11.7. The predicted octanol–water partition coefficient (Wildman–Crippen LogP) is 3.53. The Bertz CT molecular complexity index is 613. The highest BCUT2D eigenvalue weighted by molar-refractivity contribution is 5.91. The zero-order chi connectivity index (χ0) is 15.4. The molecule has 4 heteroatoms. The van der Waals surface area contributed by atoms with E-state index in [2.05, 4.69) is 19.1 Å². The number of amides is 1. The number of hydrogen-bond donors (Lipinski definition) is 0. The highest BCUT2D eigenvalue weighted by atomic mass is 16.5. The number of rotatable bonds is 4. The van der Waals surface area contributed by atoms with Crippen molar-refractivity contribution >= 4 is 5.91 Å². The molecular formula is C18H21NO3. The maximum atomic E-state index is 12.2. The fourth-order valence-electron chi connectivity index (χ4n) is 2.76. The molecule has 1 aromatic carbocycles. The lowest BCUT2D eigenvalue weighted by Crippen LogP contribution is -2.41. The molecule has 0 spiro atoms. The van der Waals surface area contributed by atoms with E-state index in [4.69, 9.17) is 9.15 Å². The van der Waals surface area contributed by atoms with Crippen LogP contribution in [0.1, 0.15) is 35.9 Å². The first-order valence-electron chi connectivity index (χ1n) is 7.84. The summed E-state index contributed by atoms with van der Waals surface area (Å²) < 4.78 is 11.2. The molecule has 1 saturated heterocycles. The van der Waals surface area contributed by atoms with Crippen molar-refractivity contribution in [1.29, 1.82) is 0 Å². The molecule has 3 rings (SSSR count). The van der Waals surface area contributed by atoms with Crippen molar-refractivity contribution in [3.05, 3.63) is 54.0 Å². The molecule has 116 valence electrons. The van der Waals surface area contributed by atoms with Crippen molar-refractivity contribution in [1.82, 2.24) is 4.90 Å². The van der Waals surface area contributed by atoms with Crippen LogP contribution in [0.2, 0.25) is 0 Å². The molecule has 0 atom stereocenters. The highest BCUT2D eigenvalue weighted by Crippen LogP contribution is 2.21. The van der Waals surface area contributed by atoms with Crippen molar-refractivity contribution < 1.29 is 13.9 Å². The number of benzene rings is 1. The van der Waals surface area contributed by atoms with E-state index in [1.165, 1.54) is 11.8 Å². The van der Waals surface area contributed by atoms with E-state index in [1.807, 2.05) is 17.0 Å². The van der Waals surface area contributed by atoms with Crippen LogP contribution in [0.5, 0.6) is 5.75 Å². The molecule has 0 radical (unpaired) electrons. The number of aryl methyl sites for hydroxylation is 1. The van der Waals surface area contributed by atoms with Gasteiger partial charge in [0.15, 0.2) is 5.76 Å². The third kappa shape index (κ3) is 3.32. The van der Waals surface area contributed by atoms with Crippen molar-refractivity contribution in [3.63, 3.8) is 0 Å². The van der Waals surface area contributed by atoms with E-state index < -0.39 is 0 Å². The van der Waals surface area contributed by atoms with Crippen LogP contribution in [0.15, 0.2) is 47.1 Å². The maximum absolute atomic E-state index is 12.2. The van der Waals surface area contributed by atoms with E-state index in [0.717, 1.165) is 25.0 Å². The summed E-state index contributed by atoms with van der Waals surface area (Å²) >= 11 is 0. The van der Waals surface area contributed by atoms with Gasteiger partial charge in [-0.2, -0.15) is 0 Å². The molecule has 1 aliphatic heterocycles. The zero-order valence-corrected chi connectivity index (χ0v) is 12.8. The van der Waals surface area contributed by atoms with Gasteiger partial charge >= 0.3 is 0 Å². The number of ether oxygens (including phenoxy) is 1. The van der Waals surface area contributed by atoms with E-state index >= 15 is 0 Å². The fraction of sp³-hybridized carbons (Fsp3) is 0.389. The van der Waals surface area contributed by atoms with Crippen LogP contribution < -0.4 is 4.74 Å².